The maximum atomic E-state index is 12.9. The van der Waals surface area contributed by atoms with Gasteiger partial charge in [0.25, 0.3) is 5.91 Å². The summed E-state index contributed by atoms with van der Waals surface area (Å²) in [5.41, 5.74) is 1.45. The molecule has 1 aliphatic carbocycles. The molecular formula is C27H35N5O4S. The molecule has 0 atom stereocenters. The molecule has 3 N–H and O–H groups in total. The number of carbonyl (C=O) groups is 1. The summed E-state index contributed by atoms with van der Waals surface area (Å²) >= 11 is 0. The SMILES string of the molecule is Cc1ccc(S(=O)(=O)CCCC(C)(C)O)cc1-c1ccnc(NC(=O)c2nnc(CC3CCCC3)[nH]2)c1. The topological polar surface area (TPSA) is 138 Å². The van der Waals surface area contributed by atoms with Crippen molar-refractivity contribution >= 4 is 21.6 Å². The van der Waals surface area contributed by atoms with E-state index in [0.717, 1.165) is 28.9 Å². The lowest BCUT2D eigenvalue weighted by atomic mass is 10.0. The molecule has 1 aromatic carbocycles. The molecule has 1 aliphatic rings. The predicted octanol–water partition coefficient (Wildman–Crippen LogP) is 4.48. The predicted molar refractivity (Wildman–Crippen MR) is 142 cm³/mol. The Balaban J connectivity index is 1.47. The molecule has 1 amide bonds. The van der Waals surface area contributed by atoms with Gasteiger partial charge in [-0.15, -0.1) is 10.2 Å². The zero-order chi connectivity index (χ0) is 26.6. The minimum Gasteiger partial charge on any atom is -0.390 e. The minimum absolute atomic E-state index is 0.0446. The van der Waals surface area contributed by atoms with Gasteiger partial charge >= 0.3 is 0 Å². The lowest BCUT2D eigenvalue weighted by Gasteiger charge is -2.16. The fourth-order valence-corrected chi connectivity index (χ4v) is 6.07. The molecule has 0 aliphatic heterocycles. The Morgan fingerprint density at radius 2 is 1.92 bits per heavy atom. The van der Waals surface area contributed by atoms with Crippen molar-refractivity contribution in [1.29, 1.82) is 0 Å². The van der Waals surface area contributed by atoms with E-state index >= 15 is 0 Å². The van der Waals surface area contributed by atoms with Crippen LogP contribution in [0.25, 0.3) is 11.1 Å². The van der Waals surface area contributed by atoms with Gasteiger partial charge in [0.15, 0.2) is 9.84 Å². The third-order valence-corrected chi connectivity index (χ3v) is 8.59. The van der Waals surface area contributed by atoms with E-state index in [1.54, 1.807) is 50.4 Å². The Morgan fingerprint density at radius 1 is 1.16 bits per heavy atom. The molecule has 1 saturated carbocycles. The van der Waals surface area contributed by atoms with Crippen LogP contribution in [0, 0.1) is 12.8 Å². The van der Waals surface area contributed by atoms with Gasteiger partial charge in [0.1, 0.15) is 11.6 Å². The molecule has 198 valence electrons. The quantitative estimate of drug-likeness (QED) is 0.355. The molecule has 0 saturated heterocycles. The summed E-state index contributed by atoms with van der Waals surface area (Å²) in [4.78, 5) is 20.2. The summed E-state index contributed by atoms with van der Waals surface area (Å²) in [5, 5.41) is 20.8. The number of amides is 1. The fraction of sp³-hybridized carbons (Fsp3) is 0.481. The third-order valence-electron chi connectivity index (χ3n) is 6.79. The smallest absolute Gasteiger partial charge is 0.294 e. The number of sulfone groups is 1. The van der Waals surface area contributed by atoms with Gasteiger partial charge in [-0.25, -0.2) is 13.4 Å². The summed E-state index contributed by atoms with van der Waals surface area (Å²) < 4.78 is 25.9. The Labute approximate surface area is 218 Å². The van der Waals surface area contributed by atoms with Crippen molar-refractivity contribution in [2.75, 3.05) is 11.1 Å². The first kappa shape index (κ1) is 26.9. The average Bonchev–Trinajstić information content (AvgIpc) is 3.51. The van der Waals surface area contributed by atoms with E-state index in [0.29, 0.717) is 24.6 Å². The number of nitrogens with one attached hydrogen (secondary N) is 2. The number of rotatable bonds is 10. The van der Waals surface area contributed by atoms with Crippen molar-refractivity contribution in [2.24, 2.45) is 5.92 Å². The molecule has 37 heavy (non-hydrogen) atoms. The Hall–Kier alpha value is -3.11. The van der Waals surface area contributed by atoms with Gasteiger partial charge in [0.05, 0.1) is 16.2 Å². The zero-order valence-electron chi connectivity index (χ0n) is 21.6. The van der Waals surface area contributed by atoms with Gasteiger partial charge in [0.2, 0.25) is 5.82 Å². The summed E-state index contributed by atoms with van der Waals surface area (Å²) in [6, 6.07) is 8.52. The number of anilines is 1. The third kappa shape index (κ3) is 7.23. The van der Waals surface area contributed by atoms with Crippen LogP contribution in [0.1, 0.15) is 74.4 Å². The molecule has 3 aromatic rings. The average molecular weight is 526 g/mol. The number of nitrogens with zero attached hydrogens (tertiary/aromatic N) is 3. The van der Waals surface area contributed by atoms with Crippen LogP contribution in [0.3, 0.4) is 0 Å². The van der Waals surface area contributed by atoms with Gasteiger partial charge in [-0.2, -0.15) is 0 Å². The van der Waals surface area contributed by atoms with Crippen molar-refractivity contribution in [3.8, 4) is 11.1 Å². The van der Waals surface area contributed by atoms with E-state index in [2.05, 4.69) is 25.5 Å². The van der Waals surface area contributed by atoms with Gasteiger partial charge in [-0.1, -0.05) is 31.7 Å². The number of hydrogen-bond donors (Lipinski definition) is 3. The molecule has 0 bridgehead atoms. The summed E-state index contributed by atoms with van der Waals surface area (Å²) in [7, 11) is -3.52. The normalized spacial score (nSPS) is 14.7. The first-order chi connectivity index (χ1) is 17.5. The van der Waals surface area contributed by atoms with Gasteiger partial charge in [-0.05, 0) is 80.5 Å². The number of aryl methyl sites for hydroxylation is 1. The van der Waals surface area contributed by atoms with E-state index < -0.39 is 21.3 Å². The van der Waals surface area contributed by atoms with Crippen LogP contribution in [0.4, 0.5) is 5.82 Å². The fourth-order valence-electron chi connectivity index (χ4n) is 4.74. The van der Waals surface area contributed by atoms with E-state index in [1.807, 2.05) is 6.92 Å². The van der Waals surface area contributed by atoms with Crippen molar-refractivity contribution in [3.63, 3.8) is 0 Å². The Bertz CT molecular complexity index is 1360. The number of aromatic amines is 1. The molecule has 9 nitrogen and oxygen atoms in total. The monoisotopic (exact) mass is 525 g/mol. The molecule has 1 fully saturated rings. The zero-order valence-corrected chi connectivity index (χ0v) is 22.4. The van der Waals surface area contributed by atoms with Gasteiger partial charge in [0, 0.05) is 12.6 Å². The van der Waals surface area contributed by atoms with Crippen molar-refractivity contribution < 1.29 is 18.3 Å². The van der Waals surface area contributed by atoms with Crippen LogP contribution in [-0.4, -0.2) is 51.0 Å². The number of pyridine rings is 1. The first-order valence-electron chi connectivity index (χ1n) is 12.8. The molecule has 0 spiro atoms. The summed E-state index contributed by atoms with van der Waals surface area (Å²) in [5.74, 6) is 1.29. The number of aromatic nitrogens is 4. The Kier molecular flexibility index (Phi) is 8.08. The molecule has 2 aromatic heterocycles. The molecule has 2 heterocycles. The number of hydrogen-bond acceptors (Lipinski definition) is 7. The second-order valence-electron chi connectivity index (χ2n) is 10.6. The highest BCUT2D eigenvalue weighted by molar-refractivity contribution is 7.91. The Morgan fingerprint density at radius 3 is 2.65 bits per heavy atom. The number of H-pyrrole nitrogens is 1. The second-order valence-corrected chi connectivity index (χ2v) is 12.7. The highest BCUT2D eigenvalue weighted by atomic mass is 32.2. The minimum atomic E-state index is -3.52. The van der Waals surface area contributed by atoms with Crippen LogP contribution < -0.4 is 5.32 Å². The second kappa shape index (κ2) is 11.1. The number of carbonyl (C=O) groups excluding carboxylic acids is 1. The van der Waals surface area contributed by atoms with Crippen LogP contribution in [0.15, 0.2) is 41.4 Å². The van der Waals surface area contributed by atoms with E-state index in [9.17, 15) is 18.3 Å². The maximum absolute atomic E-state index is 12.9. The standard InChI is InChI=1S/C27H35N5O4S/c1-18-9-10-21(37(35,36)14-6-12-27(2,3)34)17-22(18)20-11-13-28-23(16-20)30-26(33)25-29-24(31-32-25)15-19-7-4-5-8-19/h9-11,13,16-17,19,34H,4-8,12,14-15H2,1-3H3,(H,28,30,33)(H,29,31,32). The summed E-state index contributed by atoms with van der Waals surface area (Å²) in [6.45, 7) is 5.24. The van der Waals surface area contributed by atoms with Crippen LogP contribution in [0.2, 0.25) is 0 Å². The van der Waals surface area contributed by atoms with Crippen molar-refractivity contribution in [2.45, 2.75) is 76.2 Å². The molecule has 0 radical (unpaired) electrons. The van der Waals surface area contributed by atoms with Crippen molar-refractivity contribution in [1.82, 2.24) is 20.2 Å². The van der Waals surface area contributed by atoms with Gasteiger partial charge in [-0.3, -0.25) is 4.79 Å². The van der Waals surface area contributed by atoms with E-state index in [1.165, 1.54) is 25.7 Å². The van der Waals surface area contributed by atoms with Crippen LogP contribution >= 0.6 is 0 Å². The molecule has 0 unspecified atom stereocenters. The highest BCUT2D eigenvalue weighted by Crippen LogP contribution is 2.29. The van der Waals surface area contributed by atoms with Crippen LogP contribution in [-0.2, 0) is 16.3 Å². The van der Waals surface area contributed by atoms with E-state index in [4.69, 9.17) is 0 Å². The van der Waals surface area contributed by atoms with E-state index in [-0.39, 0.29) is 16.5 Å². The maximum Gasteiger partial charge on any atom is 0.294 e. The summed E-state index contributed by atoms with van der Waals surface area (Å²) in [6.07, 6.45) is 7.97. The van der Waals surface area contributed by atoms with Crippen LogP contribution in [0.5, 0.6) is 0 Å². The number of benzene rings is 1. The molecule has 10 heteroatoms. The molecule has 4 rings (SSSR count). The largest absolute Gasteiger partial charge is 0.390 e. The molecular weight excluding hydrogens is 490 g/mol. The lowest BCUT2D eigenvalue weighted by Crippen LogP contribution is -2.20. The first-order valence-corrected chi connectivity index (χ1v) is 14.4. The van der Waals surface area contributed by atoms with Crippen molar-refractivity contribution in [3.05, 3.63) is 53.7 Å². The lowest BCUT2D eigenvalue weighted by molar-refractivity contribution is 0.0705. The van der Waals surface area contributed by atoms with Gasteiger partial charge < -0.3 is 15.4 Å². The highest BCUT2D eigenvalue weighted by Gasteiger charge is 2.21. The number of aliphatic hydroxyl groups is 1.